The van der Waals surface area contributed by atoms with E-state index in [-0.39, 0.29) is 11.5 Å². The monoisotopic (exact) mass is 457 g/mol. The van der Waals surface area contributed by atoms with Crippen molar-refractivity contribution in [3.8, 4) is 5.75 Å². The van der Waals surface area contributed by atoms with E-state index in [0.29, 0.717) is 34.9 Å². The Morgan fingerprint density at radius 3 is 2.70 bits per heavy atom. The Hall–Kier alpha value is -3.66. The van der Waals surface area contributed by atoms with Crippen molar-refractivity contribution in [3.05, 3.63) is 60.7 Å². The van der Waals surface area contributed by atoms with Crippen LogP contribution >= 0.6 is 0 Å². The molecule has 33 heavy (non-hydrogen) atoms. The van der Waals surface area contributed by atoms with E-state index in [0.717, 1.165) is 44.1 Å². The number of hydrogen-bond donors (Lipinski definition) is 3. The third kappa shape index (κ3) is 5.06. The van der Waals surface area contributed by atoms with Gasteiger partial charge in [-0.05, 0) is 56.1 Å². The van der Waals surface area contributed by atoms with Crippen molar-refractivity contribution >= 4 is 34.0 Å². The van der Waals surface area contributed by atoms with Crippen LogP contribution in [0.25, 0.3) is 10.9 Å². The van der Waals surface area contributed by atoms with Gasteiger partial charge in [0.15, 0.2) is 17.5 Å². The van der Waals surface area contributed by atoms with E-state index in [1.54, 1.807) is 12.1 Å². The molecule has 0 radical (unpaired) electrons. The molecule has 7 nitrogen and oxygen atoms in total. The number of ether oxygens (including phenoxy) is 1. The smallest absolute Gasteiger partial charge is 0.247 e. The normalized spacial score (nSPS) is 14.2. The molecule has 172 valence electrons. The predicted molar refractivity (Wildman–Crippen MR) is 119 cm³/mol. The average Bonchev–Trinajstić information content (AvgIpc) is 2.84. The summed E-state index contributed by atoms with van der Waals surface area (Å²) in [7, 11) is 0. The van der Waals surface area contributed by atoms with Crippen molar-refractivity contribution in [1.29, 1.82) is 0 Å². The zero-order chi connectivity index (χ0) is 23.4. The Morgan fingerprint density at radius 2 is 1.94 bits per heavy atom. The minimum Gasteiger partial charge on any atom is -0.491 e. The van der Waals surface area contributed by atoms with E-state index in [2.05, 4.69) is 32.5 Å². The maximum Gasteiger partial charge on any atom is 0.247 e. The molecular weight excluding hydrogens is 435 g/mol. The van der Waals surface area contributed by atoms with Crippen LogP contribution in [0.15, 0.2) is 43.2 Å². The topological polar surface area (TPSA) is 88.2 Å². The molecular formula is C23H22F3N5O2. The van der Waals surface area contributed by atoms with Gasteiger partial charge in [0.2, 0.25) is 5.91 Å². The predicted octanol–water partition coefficient (Wildman–Crippen LogP) is 4.29. The number of carbonyl (C=O) groups excluding carboxylic acids is 1. The average molecular weight is 457 g/mol. The first-order valence-electron chi connectivity index (χ1n) is 10.4. The van der Waals surface area contributed by atoms with E-state index in [1.165, 1.54) is 6.33 Å². The molecule has 0 saturated carbocycles. The molecule has 2 aromatic carbocycles. The van der Waals surface area contributed by atoms with Crippen LogP contribution in [0.3, 0.4) is 0 Å². The molecule has 1 aliphatic rings. The van der Waals surface area contributed by atoms with Gasteiger partial charge in [-0.25, -0.2) is 23.1 Å². The standard InChI is InChI=1S/C23H22F3N5O2/c1-2-20(32)30-18-9-14-17(10-19(18)33-11-13-5-7-27-8-6-13)28-12-29-23(14)31-16-4-3-15(24)21(25)22(16)26/h2-4,9-10,12-13,27H,1,5-8,11H2,(H,30,32)(H,28,29,31). The molecule has 1 saturated heterocycles. The Morgan fingerprint density at radius 1 is 1.15 bits per heavy atom. The lowest BCUT2D eigenvalue weighted by atomic mass is 9.99. The lowest BCUT2D eigenvalue weighted by molar-refractivity contribution is -0.111. The van der Waals surface area contributed by atoms with Gasteiger partial charge in [-0.2, -0.15) is 0 Å². The van der Waals surface area contributed by atoms with Gasteiger partial charge in [-0.3, -0.25) is 4.79 Å². The van der Waals surface area contributed by atoms with Crippen molar-refractivity contribution < 1.29 is 22.7 Å². The number of nitrogens with one attached hydrogen (secondary N) is 3. The number of piperidine rings is 1. The van der Waals surface area contributed by atoms with Crippen LogP contribution in [-0.2, 0) is 4.79 Å². The van der Waals surface area contributed by atoms with Gasteiger partial charge in [-0.15, -0.1) is 0 Å². The third-order valence-corrected chi connectivity index (χ3v) is 5.40. The largest absolute Gasteiger partial charge is 0.491 e. The molecule has 0 bridgehead atoms. The van der Waals surface area contributed by atoms with Crippen LogP contribution in [0.4, 0.5) is 30.4 Å². The summed E-state index contributed by atoms with van der Waals surface area (Å²) in [4.78, 5) is 20.3. The number of hydrogen-bond acceptors (Lipinski definition) is 6. The van der Waals surface area contributed by atoms with Crippen molar-refractivity contribution in [2.45, 2.75) is 12.8 Å². The zero-order valence-electron chi connectivity index (χ0n) is 17.6. The third-order valence-electron chi connectivity index (χ3n) is 5.40. The van der Waals surface area contributed by atoms with Crippen molar-refractivity contribution in [1.82, 2.24) is 15.3 Å². The molecule has 0 unspecified atom stereocenters. The number of nitrogens with zero attached hydrogens (tertiary/aromatic N) is 2. The summed E-state index contributed by atoms with van der Waals surface area (Å²) in [6, 6.07) is 5.10. The van der Waals surface area contributed by atoms with Gasteiger partial charge < -0.3 is 20.7 Å². The molecule has 1 aliphatic heterocycles. The second kappa shape index (κ2) is 9.86. The number of fused-ring (bicyclic) bond motifs is 1. The fourth-order valence-corrected chi connectivity index (χ4v) is 3.59. The first kappa shape index (κ1) is 22.5. The van der Waals surface area contributed by atoms with E-state index >= 15 is 0 Å². The lowest BCUT2D eigenvalue weighted by Gasteiger charge is -2.23. The maximum absolute atomic E-state index is 14.2. The van der Waals surface area contributed by atoms with Gasteiger partial charge in [0.25, 0.3) is 0 Å². The number of carbonyl (C=O) groups is 1. The van der Waals surface area contributed by atoms with Gasteiger partial charge in [0.1, 0.15) is 17.9 Å². The molecule has 1 aromatic heterocycles. The maximum atomic E-state index is 14.2. The summed E-state index contributed by atoms with van der Waals surface area (Å²) < 4.78 is 47.1. The molecule has 1 amide bonds. The second-order valence-electron chi connectivity index (χ2n) is 7.63. The first-order valence-corrected chi connectivity index (χ1v) is 10.4. The summed E-state index contributed by atoms with van der Waals surface area (Å²) in [5.74, 6) is -3.77. The van der Waals surface area contributed by atoms with E-state index in [4.69, 9.17) is 4.74 Å². The fraction of sp³-hybridized carbons (Fsp3) is 0.261. The summed E-state index contributed by atoms with van der Waals surface area (Å²) in [6.07, 6.45) is 4.34. The highest BCUT2D eigenvalue weighted by Gasteiger charge is 2.18. The fourth-order valence-electron chi connectivity index (χ4n) is 3.59. The summed E-state index contributed by atoms with van der Waals surface area (Å²) >= 11 is 0. The zero-order valence-corrected chi connectivity index (χ0v) is 17.6. The number of rotatable bonds is 7. The van der Waals surface area contributed by atoms with Gasteiger partial charge >= 0.3 is 0 Å². The lowest BCUT2D eigenvalue weighted by Crippen LogP contribution is -2.30. The van der Waals surface area contributed by atoms with Gasteiger partial charge in [-0.1, -0.05) is 6.58 Å². The Labute approximate surface area is 188 Å². The number of benzene rings is 2. The summed E-state index contributed by atoms with van der Waals surface area (Å²) in [5, 5.41) is 9.08. The highest BCUT2D eigenvalue weighted by atomic mass is 19.2. The van der Waals surface area contributed by atoms with Crippen LogP contribution < -0.4 is 20.7 Å². The van der Waals surface area contributed by atoms with E-state index in [1.807, 2.05) is 0 Å². The highest BCUT2D eigenvalue weighted by molar-refractivity contribution is 6.03. The molecule has 2 heterocycles. The van der Waals surface area contributed by atoms with Crippen molar-refractivity contribution in [2.75, 3.05) is 30.3 Å². The molecule has 1 fully saturated rings. The molecule has 10 heteroatoms. The van der Waals surface area contributed by atoms with Gasteiger partial charge in [0.05, 0.1) is 23.5 Å². The van der Waals surface area contributed by atoms with E-state index in [9.17, 15) is 18.0 Å². The van der Waals surface area contributed by atoms with Crippen LogP contribution in [0.2, 0.25) is 0 Å². The summed E-state index contributed by atoms with van der Waals surface area (Å²) in [6.45, 7) is 5.78. The Kier molecular flexibility index (Phi) is 6.74. The highest BCUT2D eigenvalue weighted by Crippen LogP contribution is 2.34. The van der Waals surface area contributed by atoms with Crippen LogP contribution in [0, 0.1) is 23.4 Å². The number of amides is 1. The summed E-state index contributed by atoms with van der Waals surface area (Å²) in [5.41, 5.74) is 0.508. The van der Waals surface area contributed by atoms with Crippen molar-refractivity contribution in [3.63, 3.8) is 0 Å². The molecule has 4 rings (SSSR count). The molecule has 0 aliphatic carbocycles. The Bertz CT molecular complexity index is 1200. The molecule has 0 atom stereocenters. The number of anilines is 3. The SMILES string of the molecule is C=CC(=O)Nc1cc2c(Nc3ccc(F)c(F)c3F)ncnc2cc1OCC1CCNCC1. The Balaban J connectivity index is 1.69. The minimum absolute atomic E-state index is 0.143. The molecule has 0 spiro atoms. The first-order chi connectivity index (χ1) is 16.0. The second-order valence-corrected chi connectivity index (χ2v) is 7.63. The molecule has 3 N–H and O–H groups in total. The van der Waals surface area contributed by atoms with E-state index < -0.39 is 23.4 Å². The van der Waals surface area contributed by atoms with Crippen molar-refractivity contribution in [2.24, 2.45) is 5.92 Å². The number of aromatic nitrogens is 2. The molecule has 3 aromatic rings. The van der Waals surface area contributed by atoms with Gasteiger partial charge in [0, 0.05) is 11.5 Å². The van der Waals surface area contributed by atoms with Crippen LogP contribution in [0.5, 0.6) is 5.75 Å². The van der Waals surface area contributed by atoms with Crippen LogP contribution in [-0.4, -0.2) is 35.6 Å². The minimum atomic E-state index is -1.59. The number of halogens is 3. The van der Waals surface area contributed by atoms with Crippen LogP contribution in [0.1, 0.15) is 12.8 Å². The quantitative estimate of drug-likeness (QED) is 0.362.